The summed E-state index contributed by atoms with van der Waals surface area (Å²) in [6.45, 7) is 6.68. The Bertz CT molecular complexity index is 864. The molecule has 1 N–H and O–H groups in total. The molecular weight excluding hydrogens is 304 g/mol. The van der Waals surface area contributed by atoms with Crippen LogP contribution in [0.2, 0.25) is 0 Å². The normalized spacial score (nSPS) is 16.5. The number of anilines is 1. The molecule has 3 aromatic heterocycles. The molecule has 0 saturated heterocycles. The van der Waals surface area contributed by atoms with Gasteiger partial charge in [-0.15, -0.1) is 0 Å². The van der Waals surface area contributed by atoms with E-state index in [2.05, 4.69) is 32.3 Å². The van der Waals surface area contributed by atoms with Crippen molar-refractivity contribution < 1.29 is 4.74 Å². The monoisotopic (exact) mass is 324 g/mol. The Labute approximate surface area is 140 Å². The van der Waals surface area contributed by atoms with Gasteiger partial charge in [0.25, 0.3) is 0 Å². The van der Waals surface area contributed by atoms with E-state index in [0.717, 1.165) is 53.0 Å². The van der Waals surface area contributed by atoms with E-state index in [1.165, 1.54) is 0 Å². The van der Waals surface area contributed by atoms with Crippen molar-refractivity contribution in [3.05, 3.63) is 41.2 Å². The summed E-state index contributed by atoms with van der Waals surface area (Å²) in [7, 11) is 0. The van der Waals surface area contributed by atoms with Crippen molar-refractivity contribution in [2.45, 2.75) is 39.7 Å². The molecule has 4 rings (SSSR count). The molecule has 3 aromatic rings. The van der Waals surface area contributed by atoms with Crippen molar-refractivity contribution in [3.8, 4) is 5.75 Å². The molecule has 1 aliphatic heterocycles. The molecule has 124 valence electrons. The fourth-order valence-electron chi connectivity index (χ4n) is 2.82. The number of aryl methyl sites for hydroxylation is 4. The van der Waals surface area contributed by atoms with Crippen molar-refractivity contribution in [2.75, 3.05) is 11.9 Å². The molecule has 0 aliphatic carbocycles. The molecule has 1 atom stereocenters. The van der Waals surface area contributed by atoms with Gasteiger partial charge in [-0.05, 0) is 39.3 Å². The Hall–Kier alpha value is -2.70. The van der Waals surface area contributed by atoms with Crippen molar-refractivity contribution in [2.24, 2.45) is 0 Å². The van der Waals surface area contributed by atoms with Crippen LogP contribution in [0.1, 0.15) is 29.8 Å². The van der Waals surface area contributed by atoms with Crippen LogP contribution in [0.4, 0.5) is 5.82 Å². The molecule has 0 saturated carbocycles. The molecule has 1 aliphatic rings. The molecule has 0 fully saturated rings. The molecule has 24 heavy (non-hydrogen) atoms. The average molecular weight is 324 g/mol. The lowest BCUT2D eigenvalue weighted by atomic mass is 10.2. The first-order valence-electron chi connectivity index (χ1n) is 8.17. The van der Waals surface area contributed by atoms with Crippen LogP contribution in [0.5, 0.6) is 5.75 Å². The summed E-state index contributed by atoms with van der Waals surface area (Å²) in [4.78, 5) is 13.6. The Balaban J connectivity index is 1.54. The third kappa shape index (κ3) is 2.66. The van der Waals surface area contributed by atoms with Gasteiger partial charge >= 0.3 is 0 Å². The minimum Gasteiger partial charge on any atom is -0.488 e. The van der Waals surface area contributed by atoms with E-state index in [1.54, 1.807) is 0 Å². The Kier molecular flexibility index (Phi) is 3.55. The van der Waals surface area contributed by atoms with E-state index in [4.69, 9.17) is 4.74 Å². The molecule has 4 heterocycles. The summed E-state index contributed by atoms with van der Waals surface area (Å²) in [5, 5.41) is 7.94. The quantitative estimate of drug-likeness (QED) is 0.795. The molecule has 0 radical (unpaired) electrons. The number of pyridine rings is 1. The van der Waals surface area contributed by atoms with E-state index in [1.807, 2.05) is 36.7 Å². The molecule has 0 bridgehead atoms. The number of nitrogens with one attached hydrogen (secondary N) is 1. The van der Waals surface area contributed by atoms with Gasteiger partial charge in [-0.3, -0.25) is 4.98 Å². The maximum Gasteiger partial charge on any atom is 0.177 e. The summed E-state index contributed by atoms with van der Waals surface area (Å²) in [5.41, 5.74) is 3.70. The Morgan fingerprint density at radius 3 is 2.96 bits per heavy atom. The Morgan fingerprint density at radius 1 is 1.25 bits per heavy atom. The van der Waals surface area contributed by atoms with E-state index >= 15 is 0 Å². The van der Waals surface area contributed by atoms with Crippen LogP contribution < -0.4 is 10.1 Å². The number of nitrogens with zero attached hydrogens (tertiary/aromatic N) is 5. The lowest BCUT2D eigenvalue weighted by Crippen LogP contribution is -2.29. The second-order valence-electron chi connectivity index (χ2n) is 6.25. The first kappa shape index (κ1) is 14.9. The largest absolute Gasteiger partial charge is 0.488 e. The van der Waals surface area contributed by atoms with E-state index in [9.17, 15) is 0 Å². The second kappa shape index (κ2) is 5.74. The smallest absolute Gasteiger partial charge is 0.177 e. The number of hydrogen-bond acceptors (Lipinski definition) is 6. The van der Waals surface area contributed by atoms with Gasteiger partial charge in [-0.25, -0.2) is 14.5 Å². The van der Waals surface area contributed by atoms with Gasteiger partial charge in [-0.2, -0.15) is 5.10 Å². The molecule has 0 aromatic carbocycles. The SMILES string of the molecule is Cc1ncc(C)n2nc(CCc3ccc4c(n3)N[C@H](C)CO4)nc12. The average Bonchev–Trinajstić information content (AvgIpc) is 3.01. The zero-order chi connectivity index (χ0) is 16.7. The summed E-state index contributed by atoms with van der Waals surface area (Å²) in [6.07, 6.45) is 3.34. The van der Waals surface area contributed by atoms with Gasteiger partial charge in [-0.1, -0.05) is 0 Å². The Morgan fingerprint density at radius 2 is 2.12 bits per heavy atom. The van der Waals surface area contributed by atoms with Crippen molar-refractivity contribution >= 4 is 11.5 Å². The number of hydrogen-bond donors (Lipinski definition) is 1. The maximum atomic E-state index is 5.66. The van der Waals surface area contributed by atoms with Gasteiger partial charge in [0.1, 0.15) is 6.61 Å². The van der Waals surface area contributed by atoms with Gasteiger partial charge in [0.15, 0.2) is 23.0 Å². The predicted molar refractivity (Wildman–Crippen MR) is 90.5 cm³/mol. The van der Waals surface area contributed by atoms with Crippen LogP contribution in [0.25, 0.3) is 5.65 Å². The van der Waals surface area contributed by atoms with Gasteiger partial charge < -0.3 is 10.1 Å². The summed E-state index contributed by atoms with van der Waals surface area (Å²) in [5.74, 6) is 2.46. The summed E-state index contributed by atoms with van der Waals surface area (Å²) in [6, 6.07) is 4.26. The van der Waals surface area contributed by atoms with Crippen LogP contribution >= 0.6 is 0 Å². The minimum atomic E-state index is 0.277. The number of ether oxygens (including phenoxy) is 1. The maximum absolute atomic E-state index is 5.66. The van der Waals surface area contributed by atoms with Crippen LogP contribution in [-0.2, 0) is 12.8 Å². The van der Waals surface area contributed by atoms with Crippen LogP contribution in [0.3, 0.4) is 0 Å². The fourth-order valence-corrected chi connectivity index (χ4v) is 2.82. The van der Waals surface area contributed by atoms with E-state index in [0.29, 0.717) is 6.61 Å². The third-order valence-electron chi connectivity index (χ3n) is 4.15. The highest BCUT2D eigenvalue weighted by Gasteiger charge is 2.17. The highest BCUT2D eigenvalue weighted by Crippen LogP contribution is 2.27. The van der Waals surface area contributed by atoms with E-state index in [-0.39, 0.29) is 6.04 Å². The van der Waals surface area contributed by atoms with Crippen LogP contribution in [0, 0.1) is 13.8 Å². The summed E-state index contributed by atoms with van der Waals surface area (Å²) < 4.78 is 7.52. The standard InChI is InChI=1S/C17H20N6O/c1-10-9-24-14-6-4-13(20-16(14)19-10)5-7-15-21-17-12(3)18-8-11(2)23(17)22-15/h4,6,8,10H,5,7,9H2,1-3H3,(H,19,20)/t10-/m1/s1. The highest BCUT2D eigenvalue weighted by molar-refractivity contribution is 5.53. The molecule has 7 heteroatoms. The third-order valence-corrected chi connectivity index (χ3v) is 4.15. The second-order valence-corrected chi connectivity index (χ2v) is 6.25. The highest BCUT2D eigenvalue weighted by atomic mass is 16.5. The van der Waals surface area contributed by atoms with Crippen LogP contribution in [0.15, 0.2) is 18.3 Å². The van der Waals surface area contributed by atoms with Crippen LogP contribution in [-0.4, -0.2) is 37.2 Å². The molecule has 0 spiro atoms. The predicted octanol–water partition coefficient (Wildman–Crippen LogP) is 2.11. The zero-order valence-electron chi connectivity index (χ0n) is 14.1. The molecule has 7 nitrogen and oxygen atoms in total. The fraction of sp³-hybridized carbons (Fsp3) is 0.412. The number of rotatable bonds is 3. The van der Waals surface area contributed by atoms with Crippen molar-refractivity contribution in [3.63, 3.8) is 0 Å². The van der Waals surface area contributed by atoms with Gasteiger partial charge in [0, 0.05) is 18.3 Å². The zero-order valence-corrected chi connectivity index (χ0v) is 14.1. The minimum absolute atomic E-state index is 0.277. The molecular formula is C17H20N6O. The van der Waals surface area contributed by atoms with Crippen molar-refractivity contribution in [1.82, 2.24) is 24.6 Å². The molecule has 0 amide bonds. The first-order chi connectivity index (χ1) is 11.6. The summed E-state index contributed by atoms with van der Waals surface area (Å²) >= 11 is 0. The van der Waals surface area contributed by atoms with Gasteiger partial charge in [0.05, 0.1) is 17.4 Å². The topological polar surface area (TPSA) is 77.2 Å². The number of fused-ring (bicyclic) bond motifs is 2. The number of aromatic nitrogens is 5. The van der Waals surface area contributed by atoms with Crippen molar-refractivity contribution in [1.29, 1.82) is 0 Å². The molecule has 0 unspecified atom stereocenters. The first-order valence-corrected chi connectivity index (χ1v) is 8.17. The van der Waals surface area contributed by atoms with Gasteiger partial charge in [0.2, 0.25) is 0 Å². The lowest BCUT2D eigenvalue weighted by Gasteiger charge is -2.24. The van der Waals surface area contributed by atoms with E-state index < -0.39 is 0 Å². The lowest BCUT2D eigenvalue weighted by molar-refractivity contribution is 0.289.